The van der Waals surface area contributed by atoms with Crippen molar-refractivity contribution in [2.45, 2.75) is 13.5 Å². The molecule has 2 N–H and O–H groups in total. The maximum Gasteiger partial charge on any atom is 0.251 e. The topological polar surface area (TPSA) is 54.0 Å². The van der Waals surface area contributed by atoms with Gasteiger partial charge in [-0.25, -0.2) is 4.98 Å². The number of aromatic nitrogens is 1. The Hall–Kier alpha value is -1.24. The third-order valence-electron chi connectivity index (χ3n) is 2.66. The average Bonchev–Trinajstić information content (AvgIpc) is 2.84. The van der Waals surface area contributed by atoms with Gasteiger partial charge in [0.1, 0.15) is 0 Å². The number of carbonyl (C=O) groups is 1. The van der Waals surface area contributed by atoms with Crippen molar-refractivity contribution in [2.24, 2.45) is 0 Å². The van der Waals surface area contributed by atoms with E-state index in [2.05, 4.69) is 31.5 Å². The molecule has 0 bridgehead atoms. The molecule has 0 radical (unpaired) electrons. The first-order chi connectivity index (χ1) is 9.65. The predicted molar refractivity (Wildman–Crippen MR) is 85.0 cm³/mol. The third kappa shape index (κ3) is 4.70. The summed E-state index contributed by atoms with van der Waals surface area (Å²) >= 11 is 5.03. The Morgan fingerprint density at radius 1 is 1.30 bits per heavy atom. The van der Waals surface area contributed by atoms with Gasteiger partial charge in [-0.15, -0.1) is 11.3 Å². The van der Waals surface area contributed by atoms with Gasteiger partial charge in [0, 0.05) is 40.7 Å². The number of halogens is 1. The van der Waals surface area contributed by atoms with Gasteiger partial charge in [0.25, 0.3) is 5.91 Å². The summed E-state index contributed by atoms with van der Waals surface area (Å²) in [6.07, 6.45) is 1.88. The van der Waals surface area contributed by atoms with E-state index in [1.165, 1.54) is 4.88 Å². The van der Waals surface area contributed by atoms with E-state index in [9.17, 15) is 4.79 Å². The van der Waals surface area contributed by atoms with Gasteiger partial charge in [0.05, 0.1) is 5.01 Å². The molecule has 0 spiro atoms. The van der Waals surface area contributed by atoms with Gasteiger partial charge in [-0.2, -0.15) is 0 Å². The molecule has 1 amide bonds. The maximum absolute atomic E-state index is 11.8. The van der Waals surface area contributed by atoms with Crippen LogP contribution in [0.4, 0.5) is 0 Å². The second-order valence-electron chi connectivity index (χ2n) is 4.29. The van der Waals surface area contributed by atoms with E-state index in [4.69, 9.17) is 0 Å². The molecule has 2 rings (SSSR count). The van der Waals surface area contributed by atoms with E-state index in [0.717, 1.165) is 22.6 Å². The summed E-state index contributed by atoms with van der Waals surface area (Å²) < 4.78 is 0.968. The van der Waals surface area contributed by atoms with E-state index in [0.29, 0.717) is 12.1 Å². The standard InChI is InChI=1S/C14H16BrN3OS/c1-10-18-9-13(20-10)8-16-6-7-17-14(19)11-2-4-12(15)5-3-11/h2-5,9,16H,6-8H2,1H3,(H,17,19). The van der Waals surface area contributed by atoms with Crippen molar-refractivity contribution < 1.29 is 4.79 Å². The number of hydrogen-bond acceptors (Lipinski definition) is 4. The van der Waals surface area contributed by atoms with Crippen molar-refractivity contribution in [3.63, 3.8) is 0 Å². The molecule has 20 heavy (non-hydrogen) atoms. The van der Waals surface area contributed by atoms with Crippen LogP contribution in [0.15, 0.2) is 34.9 Å². The largest absolute Gasteiger partial charge is 0.351 e. The fraction of sp³-hybridized carbons (Fsp3) is 0.286. The number of nitrogens with zero attached hydrogens (tertiary/aromatic N) is 1. The number of benzene rings is 1. The number of nitrogens with one attached hydrogen (secondary N) is 2. The number of rotatable bonds is 6. The zero-order valence-electron chi connectivity index (χ0n) is 11.1. The molecule has 0 aliphatic heterocycles. The van der Waals surface area contributed by atoms with Crippen LogP contribution < -0.4 is 10.6 Å². The summed E-state index contributed by atoms with van der Waals surface area (Å²) in [7, 11) is 0. The van der Waals surface area contributed by atoms with Crippen LogP contribution in [0.3, 0.4) is 0 Å². The maximum atomic E-state index is 11.8. The van der Waals surface area contributed by atoms with Gasteiger partial charge in [-0.1, -0.05) is 15.9 Å². The van der Waals surface area contributed by atoms with Crippen LogP contribution in [0.2, 0.25) is 0 Å². The quantitative estimate of drug-likeness (QED) is 0.785. The molecule has 1 aromatic carbocycles. The molecule has 0 atom stereocenters. The minimum atomic E-state index is -0.0482. The molecule has 2 aromatic rings. The lowest BCUT2D eigenvalue weighted by atomic mass is 10.2. The van der Waals surface area contributed by atoms with Gasteiger partial charge in [0.15, 0.2) is 0 Å². The number of thiazole rings is 1. The van der Waals surface area contributed by atoms with Crippen molar-refractivity contribution >= 4 is 33.2 Å². The molecule has 106 valence electrons. The molecule has 0 saturated carbocycles. The molecule has 0 fully saturated rings. The van der Waals surface area contributed by atoms with Crippen LogP contribution in [-0.4, -0.2) is 24.0 Å². The van der Waals surface area contributed by atoms with Gasteiger partial charge >= 0.3 is 0 Å². The molecule has 6 heteroatoms. The molecule has 1 aromatic heterocycles. The van der Waals surface area contributed by atoms with E-state index in [-0.39, 0.29) is 5.91 Å². The van der Waals surface area contributed by atoms with Gasteiger partial charge in [-0.05, 0) is 31.2 Å². The van der Waals surface area contributed by atoms with E-state index in [1.54, 1.807) is 23.5 Å². The summed E-state index contributed by atoms with van der Waals surface area (Å²) in [6.45, 7) is 4.12. The molecule has 4 nitrogen and oxygen atoms in total. The molecule has 0 aliphatic carbocycles. The molecule has 0 unspecified atom stereocenters. The first-order valence-corrected chi connectivity index (χ1v) is 7.92. The predicted octanol–water partition coefficient (Wildman–Crippen LogP) is 2.73. The Bertz CT molecular complexity index is 568. The minimum Gasteiger partial charge on any atom is -0.351 e. The van der Waals surface area contributed by atoms with E-state index < -0.39 is 0 Å². The highest BCUT2D eigenvalue weighted by Crippen LogP contribution is 2.11. The van der Waals surface area contributed by atoms with Crippen molar-refractivity contribution in [3.8, 4) is 0 Å². The average molecular weight is 354 g/mol. The summed E-state index contributed by atoms with van der Waals surface area (Å²) in [5, 5.41) is 7.23. The van der Waals surface area contributed by atoms with Crippen LogP contribution in [0.25, 0.3) is 0 Å². The zero-order chi connectivity index (χ0) is 14.4. The highest BCUT2D eigenvalue weighted by atomic mass is 79.9. The lowest BCUT2D eigenvalue weighted by Crippen LogP contribution is -2.31. The highest BCUT2D eigenvalue weighted by molar-refractivity contribution is 9.10. The fourth-order valence-electron chi connectivity index (χ4n) is 1.67. The minimum absolute atomic E-state index is 0.0482. The van der Waals surface area contributed by atoms with Crippen LogP contribution >= 0.6 is 27.3 Å². The third-order valence-corrected chi connectivity index (χ3v) is 4.10. The number of carbonyl (C=O) groups excluding carboxylic acids is 1. The van der Waals surface area contributed by atoms with Crippen molar-refractivity contribution in [2.75, 3.05) is 13.1 Å². The Kier molecular flexibility index (Phi) is 5.70. The zero-order valence-corrected chi connectivity index (χ0v) is 13.6. The van der Waals surface area contributed by atoms with Gasteiger partial charge in [-0.3, -0.25) is 4.79 Å². The Labute approximate surface area is 130 Å². The van der Waals surface area contributed by atoms with E-state index in [1.807, 2.05) is 25.3 Å². The Balaban J connectivity index is 1.65. The molecular weight excluding hydrogens is 338 g/mol. The van der Waals surface area contributed by atoms with Gasteiger partial charge in [0.2, 0.25) is 0 Å². The monoisotopic (exact) mass is 353 g/mol. The lowest BCUT2D eigenvalue weighted by molar-refractivity contribution is 0.0954. The Morgan fingerprint density at radius 3 is 2.70 bits per heavy atom. The summed E-state index contributed by atoms with van der Waals surface area (Å²) in [5.41, 5.74) is 0.672. The number of aryl methyl sites for hydroxylation is 1. The first-order valence-electron chi connectivity index (χ1n) is 6.31. The summed E-state index contributed by atoms with van der Waals surface area (Å²) in [4.78, 5) is 17.2. The van der Waals surface area contributed by atoms with Gasteiger partial charge < -0.3 is 10.6 Å². The Morgan fingerprint density at radius 2 is 2.05 bits per heavy atom. The molecule has 1 heterocycles. The fourth-order valence-corrected chi connectivity index (χ4v) is 2.70. The lowest BCUT2D eigenvalue weighted by Gasteiger charge is -2.06. The SMILES string of the molecule is Cc1ncc(CNCCNC(=O)c2ccc(Br)cc2)s1. The normalized spacial score (nSPS) is 10.5. The van der Waals surface area contributed by atoms with E-state index >= 15 is 0 Å². The highest BCUT2D eigenvalue weighted by Gasteiger charge is 2.04. The second kappa shape index (κ2) is 7.52. The van der Waals surface area contributed by atoms with Crippen LogP contribution in [0, 0.1) is 6.92 Å². The molecule has 0 aliphatic rings. The van der Waals surface area contributed by atoms with Crippen molar-refractivity contribution in [3.05, 3.63) is 50.4 Å². The smallest absolute Gasteiger partial charge is 0.251 e. The summed E-state index contributed by atoms with van der Waals surface area (Å²) in [6, 6.07) is 7.32. The van der Waals surface area contributed by atoms with Crippen molar-refractivity contribution in [1.29, 1.82) is 0 Å². The number of hydrogen-bond donors (Lipinski definition) is 2. The number of amides is 1. The van der Waals surface area contributed by atoms with Crippen molar-refractivity contribution in [1.82, 2.24) is 15.6 Å². The first kappa shape index (κ1) is 15.2. The molecular formula is C14H16BrN3OS. The summed E-state index contributed by atoms with van der Waals surface area (Å²) in [5.74, 6) is -0.0482. The van der Waals surface area contributed by atoms with Crippen LogP contribution in [0.5, 0.6) is 0 Å². The van der Waals surface area contributed by atoms with Crippen LogP contribution in [-0.2, 0) is 6.54 Å². The molecule has 0 saturated heterocycles. The van der Waals surface area contributed by atoms with Crippen LogP contribution in [0.1, 0.15) is 20.2 Å². The second-order valence-corrected chi connectivity index (χ2v) is 6.52.